The highest BCUT2D eigenvalue weighted by atomic mass is 14.6. The van der Waals surface area contributed by atoms with Crippen LogP contribution in [0, 0.1) is 0 Å². The first-order valence-electron chi connectivity index (χ1n) is 7.92. The molecule has 0 aliphatic rings. The van der Waals surface area contributed by atoms with Gasteiger partial charge in [-0.3, -0.25) is 0 Å². The third-order valence-electron chi connectivity index (χ3n) is 3.81. The van der Waals surface area contributed by atoms with E-state index in [1.165, 1.54) is 23.1 Å². The summed E-state index contributed by atoms with van der Waals surface area (Å²) in [5.41, 5.74) is 10.8. The molecule has 1 nitrogen and oxygen atoms in total. The Morgan fingerprint density at radius 2 is 1.60 bits per heavy atom. The second-order valence-corrected chi connectivity index (χ2v) is 8.21. The monoisotopic (exact) mass is 275 g/mol. The van der Waals surface area contributed by atoms with Crippen LogP contribution in [0.3, 0.4) is 0 Å². The number of aryl methyl sites for hydroxylation is 1. The Labute approximate surface area is 126 Å². The second kappa shape index (κ2) is 6.30. The Balaban J connectivity index is 3.17. The van der Waals surface area contributed by atoms with Crippen molar-refractivity contribution < 1.29 is 0 Å². The Bertz CT molecular complexity index is 430. The molecule has 1 rings (SSSR count). The molecule has 1 heteroatoms. The van der Waals surface area contributed by atoms with Crippen molar-refractivity contribution >= 4 is 0 Å². The van der Waals surface area contributed by atoms with Gasteiger partial charge in [-0.15, -0.1) is 0 Å². The highest BCUT2D eigenvalue weighted by Gasteiger charge is 2.27. The van der Waals surface area contributed by atoms with Crippen LogP contribution in [0.15, 0.2) is 18.2 Å². The summed E-state index contributed by atoms with van der Waals surface area (Å²) in [6.45, 7) is 16.0. The van der Waals surface area contributed by atoms with Crippen LogP contribution in [-0.4, -0.2) is 6.04 Å². The molecule has 0 radical (unpaired) electrons. The third kappa shape index (κ3) is 4.63. The van der Waals surface area contributed by atoms with E-state index in [0.29, 0.717) is 6.04 Å². The molecule has 114 valence electrons. The van der Waals surface area contributed by atoms with E-state index >= 15 is 0 Å². The van der Waals surface area contributed by atoms with Crippen LogP contribution in [0.4, 0.5) is 0 Å². The molecular formula is C19H33N. The summed E-state index contributed by atoms with van der Waals surface area (Å²) in [5, 5.41) is 0. The molecule has 1 unspecified atom stereocenters. The SMILES string of the molecule is CC(N)CCCc1cccc(C(C)(C)C)c1C(C)(C)C. The molecule has 0 heterocycles. The largest absolute Gasteiger partial charge is 0.328 e. The minimum atomic E-state index is 0.188. The molecule has 0 aliphatic carbocycles. The summed E-state index contributed by atoms with van der Waals surface area (Å²) in [6, 6.07) is 7.13. The van der Waals surface area contributed by atoms with Gasteiger partial charge in [-0.25, -0.2) is 0 Å². The summed E-state index contributed by atoms with van der Waals surface area (Å²) in [4.78, 5) is 0. The van der Waals surface area contributed by atoms with E-state index in [2.05, 4.69) is 66.7 Å². The smallest absolute Gasteiger partial charge is 0.00105 e. The fourth-order valence-corrected chi connectivity index (χ4v) is 2.93. The Kier molecular flexibility index (Phi) is 5.43. The van der Waals surface area contributed by atoms with E-state index in [9.17, 15) is 0 Å². The maximum absolute atomic E-state index is 5.88. The number of hydrogen-bond donors (Lipinski definition) is 1. The fraction of sp³-hybridized carbons (Fsp3) is 0.684. The molecule has 0 amide bonds. The van der Waals surface area contributed by atoms with Gasteiger partial charge >= 0.3 is 0 Å². The zero-order valence-corrected chi connectivity index (χ0v) is 14.5. The van der Waals surface area contributed by atoms with Crippen LogP contribution in [0.1, 0.15) is 78.0 Å². The van der Waals surface area contributed by atoms with Gasteiger partial charge in [-0.2, -0.15) is 0 Å². The normalized spacial score (nSPS) is 14.4. The van der Waals surface area contributed by atoms with Gasteiger partial charge in [-0.1, -0.05) is 59.7 Å². The van der Waals surface area contributed by atoms with Crippen molar-refractivity contribution in [3.63, 3.8) is 0 Å². The molecule has 2 N–H and O–H groups in total. The summed E-state index contributed by atoms with van der Waals surface area (Å²) >= 11 is 0. The lowest BCUT2D eigenvalue weighted by atomic mass is 9.72. The van der Waals surface area contributed by atoms with Crippen LogP contribution >= 0.6 is 0 Å². The van der Waals surface area contributed by atoms with E-state index in [0.717, 1.165) is 12.8 Å². The minimum absolute atomic E-state index is 0.188. The number of hydrogen-bond acceptors (Lipinski definition) is 1. The van der Waals surface area contributed by atoms with Crippen molar-refractivity contribution in [2.45, 2.75) is 84.6 Å². The van der Waals surface area contributed by atoms with Crippen molar-refractivity contribution in [1.82, 2.24) is 0 Å². The zero-order chi connectivity index (χ0) is 15.6. The predicted molar refractivity (Wildman–Crippen MR) is 90.4 cm³/mol. The fourth-order valence-electron chi connectivity index (χ4n) is 2.93. The molecule has 0 aliphatic heterocycles. The molecule has 0 saturated carbocycles. The average molecular weight is 275 g/mol. The molecule has 1 atom stereocenters. The van der Waals surface area contributed by atoms with Crippen molar-refractivity contribution in [3.05, 3.63) is 34.9 Å². The molecule has 0 aromatic heterocycles. The third-order valence-corrected chi connectivity index (χ3v) is 3.81. The second-order valence-electron chi connectivity index (χ2n) is 8.21. The minimum Gasteiger partial charge on any atom is -0.328 e. The summed E-state index contributed by atoms with van der Waals surface area (Å²) in [7, 11) is 0. The maximum Gasteiger partial charge on any atom is 0.00105 e. The molecule has 1 aromatic carbocycles. The summed E-state index contributed by atoms with van der Waals surface area (Å²) in [6.07, 6.45) is 3.41. The van der Waals surface area contributed by atoms with Crippen LogP contribution in [0.2, 0.25) is 0 Å². The highest BCUT2D eigenvalue weighted by Crippen LogP contribution is 2.36. The van der Waals surface area contributed by atoms with Crippen molar-refractivity contribution in [2.24, 2.45) is 5.73 Å². The van der Waals surface area contributed by atoms with E-state index in [-0.39, 0.29) is 10.8 Å². The Morgan fingerprint density at radius 1 is 1.00 bits per heavy atom. The molecule has 0 saturated heterocycles. The van der Waals surface area contributed by atoms with Gasteiger partial charge in [0.15, 0.2) is 0 Å². The lowest BCUT2D eigenvalue weighted by molar-refractivity contribution is 0.521. The van der Waals surface area contributed by atoms with Crippen LogP contribution in [0.25, 0.3) is 0 Å². The maximum atomic E-state index is 5.88. The van der Waals surface area contributed by atoms with E-state index in [1.54, 1.807) is 0 Å². The molecule has 20 heavy (non-hydrogen) atoms. The van der Waals surface area contributed by atoms with Gasteiger partial charge in [0.2, 0.25) is 0 Å². The van der Waals surface area contributed by atoms with Gasteiger partial charge in [0.25, 0.3) is 0 Å². The van der Waals surface area contributed by atoms with Gasteiger partial charge in [0.05, 0.1) is 0 Å². The summed E-state index contributed by atoms with van der Waals surface area (Å²) in [5.74, 6) is 0. The summed E-state index contributed by atoms with van der Waals surface area (Å²) < 4.78 is 0. The Hall–Kier alpha value is -0.820. The van der Waals surface area contributed by atoms with Gasteiger partial charge in [0.1, 0.15) is 0 Å². The standard InChI is InChI=1S/C19H33N/c1-14(20)10-8-11-15-12-9-13-16(18(2,3)4)17(15)19(5,6)7/h9,12-14H,8,10-11,20H2,1-7H3. The van der Waals surface area contributed by atoms with Crippen molar-refractivity contribution in [2.75, 3.05) is 0 Å². The number of rotatable bonds is 4. The van der Waals surface area contributed by atoms with E-state index in [4.69, 9.17) is 5.73 Å². The van der Waals surface area contributed by atoms with Crippen molar-refractivity contribution in [3.8, 4) is 0 Å². The van der Waals surface area contributed by atoms with Gasteiger partial charge < -0.3 is 5.73 Å². The lowest BCUT2D eigenvalue weighted by Crippen LogP contribution is -2.24. The average Bonchev–Trinajstić information content (AvgIpc) is 2.25. The van der Waals surface area contributed by atoms with Crippen LogP contribution < -0.4 is 5.73 Å². The van der Waals surface area contributed by atoms with Crippen LogP contribution in [-0.2, 0) is 17.3 Å². The topological polar surface area (TPSA) is 26.0 Å². The zero-order valence-electron chi connectivity index (χ0n) is 14.5. The Morgan fingerprint density at radius 3 is 2.05 bits per heavy atom. The van der Waals surface area contributed by atoms with Crippen molar-refractivity contribution in [1.29, 1.82) is 0 Å². The van der Waals surface area contributed by atoms with Gasteiger partial charge in [-0.05, 0) is 53.7 Å². The predicted octanol–water partition coefficient (Wildman–Crippen LogP) is 4.95. The molecule has 0 bridgehead atoms. The quantitative estimate of drug-likeness (QED) is 0.826. The first kappa shape index (κ1) is 17.2. The number of benzene rings is 1. The van der Waals surface area contributed by atoms with Gasteiger partial charge in [0, 0.05) is 6.04 Å². The molecule has 1 aromatic rings. The highest BCUT2D eigenvalue weighted by molar-refractivity contribution is 5.43. The van der Waals surface area contributed by atoms with E-state index in [1.807, 2.05) is 0 Å². The molecular weight excluding hydrogens is 242 g/mol. The lowest BCUT2D eigenvalue weighted by Gasteiger charge is -2.32. The first-order chi connectivity index (χ1) is 9.03. The molecule has 0 spiro atoms. The van der Waals surface area contributed by atoms with E-state index < -0.39 is 0 Å². The number of nitrogens with two attached hydrogens (primary N) is 1. The van der Waals surface area contributed by atoms with Crippen LogP contribution in [0.5, 0.6) is 0 Å². The first-order valence-corrected chi connectivity index (χ1v) is 7.92. The molecule has 0 fully saturated rings.